The molecule has 0 aromatic carbocycles. The zero-order chi connectivity index (χ0) is 11.7. The maximum atomic E-state index is 5.27. The zero-order valence-electron chi connectivity index (χ0n) is 11.0. The van der Waals surface area contributed by atoms with E-state index in [0.29, 0.717) is 6.04 Å². The minimum Gasteiger partial charge on any atom is -0.382 e. The summed E-state index contributed by atoms with van der Waals surface area (Å²) in [5.74, 6) is 0. The summed E-state index contributed by atoms with van der Waals surface area (Å²) < 4.78 is 5.27. The van der Waals surface area contributed by atoms with Crippen molar-refractivity contribution in [2.75, 3.05) is 26.3 Å². The summed E-state index contributed by atoms with van der Waals surface area (Å²) in [7, 11) is 0. The highest BCUT2D eigenvalue weighted by Crippen LogP contribution is 1.97. The Morgan fingerprint density at radius 1 is 1.27 bits per heavy atom. The summed E-state index contributed by atoms with van der Waals surface area (Å²) in [6.45, 7) is 14.5. The van der Waals surface area contributed by atoms with Crippen LogP contribution in [0.4, 0.5) is 0 Å². The lowest BCUT2D eigenvalue weighted by Gasteiger charge is -2.24. The predicted molar refractivity (Wildman–Crippen MR) is 66.3 cm³/mol. The summed E-state index contributed by atoms with van der Waals surface area (Å²) in [5.41, 5.74) is 0.210. The first kappa shape index (κ1) is 14.9. The Hall–Kier alpha value is -0.120. The van der Waals surface area contributed by atoms with Crippen molar-refractivity contribution in [3.05, 3.63) is 0 Å². The van der Waals surface area contributed by atoms with Crippen LogP contribution in [0.25, 0.3) is 0 Å². The molecule has 0 aliphatic rings. The van der Waals surface area contributed by atoms with E-state index in [-0.39, 0.29) is 5.54 Å². The van der Waals surface area contributed by atoms with E-state index in [2.05, 4.69) is 38.3 Å². The van der Waals surface area contributed by atoms with Crippen LogP contribution in [0.2, 0.25) is 0 Å². The highest BCUT2D eigenvalue weighted by molar-refractivity contribution is 4.74. The second kappa shape index (κ2) is 8.08. The fourth-order valence-electron chi connectivity index (χ4n) is 1.20. The van der Waals surface area contributed by atoms with Crippen molar-refractivity contribution < 1.29 is 4.74 Å². The van der Waals surface area contributed by atoms with Gasteiger partial charge in [0, 0.05) is 31.3 Å². The lowest BCUT2D eigenvalue weighted by molar-refractivity contribution is 0.144. The van der Waals surface area contributed by atoms with Gasteiger partial charge in [-0.2, -0.15) is 0 Å². The van der Waals surface area contributed by atoms with Gasteiger partial charge in [-0.15, -0.1) is 0 Å². The van der Waals surface area contributed by atoms with Gasteiger partial charge in [0.15, 0.2) is 0 Å². The van der Waals surface area contributed by atoms with E-state index in [1.165, 1.54) is 0 Å². The maximum Gasteiger partial charge on any atom is 0.0477 e. The molecule has 3 heteroatoms. The van der Waals surface area contributed by atoms with Crippen molar-refractivity contribution in [3.8, 4) is 0 Å². The number of rotatable bonds is 8. The van der Waals surface area contributed by atoms with Crippen molar-refractivity contribution in [2.24, 2.45) is 0 Å². The number of ether oxygens (including phenoxy) is 1. The van der Waals surface area contributed by atoms with Crippen molar-refractivity contribution >= 4 is 0 Å². The molecule has 0 rings (SSSR count). The minimum atomic E-state index is 0.210. The molecule has 0 saturated heterocycles. The van der Waals surface area contributed by atoms with Gasteiger partial charge in [0.2, 0.25) is 0 Å². The molecule has 15 heavy (non-hydrogen) atoms. The molecule has 0 amide bonds. The highest BCUT2D eigenvalue weighted by Gasteiger charge is 2.10. The standard InChI is InChI=1S/C12H28N2O/c1-6-15-9-7-8-13-11(2)10-14-12(3,4)5/h11,13-14H,6-10H2,1-5H3. The largest absolute Gasteiger partial charge is 0.382 e. The molecular weight excluding hydrogens is 188 g/mol. The molecule has 0 aliphatic carbocycles. The average Bonchev–Trinajstić information content (AvgIpc) is 2.13. The molecule has 0 aromatic heterocycles. The zero-order valence-corrected chi connectivity index (χ0v) is 11.0. The van der Waals surface area contributed by atoms with Gasteiger partial charge >= 0.3 is 0 Å². The molecule has 1 unspecified atom stereocenters. The minimum absolute atomic E-state index is 0.210. The summed E-state index contributed by atoms with van der Waals surface area (Å²) in [6, 6.07) is 0.519. The molecule has 0 aliphatic heterocycles. The van der Waals surface area contributed by atoms with Crippen molar-refractivity contribution in [1.29, 1.82) is 0 Å². The van der Waals surface area contributed by atoms with Gasteiger partial charge in [-0.1, -0.05) is 0 Å². The number of hydrogen-bond acceptors (Lipinski definition) is 3. The topological polar surface area (TPSA) is 33.3 Å². The molecule has 92 valence electrons. The van der Waals surface area contributed by atoms with E-state index < -0.39 is 0 Å². The normalized spacial score (nSPS) is 14.2. The van der Waals surface area contributed by atoms with Gasteiger partial charge in [0.25, 0.3) is 0 Å². The van der Waals surface area contributed by atoms with E-state index >= 15 is 0 Å². The van der Waals surface area contributed by atoms with Crippen LogP contribution in [-0.2, 0) is 4.74 Å². The van der Waals surface area contributed by atoms with Crippen molar-refractivity contribution in [1.82, 2.24) is 10.6 Å². The molecule has 3 nitrogen and oxygen atoms in total. The molecule has 0 heterocycles. The third-order valence-electron chi connectivity index (χ3n) is 2.10. The summed E-state index contributed by atoms with van der Waals surface area (Å²) in [5, 5.41) is 6.95. The Bertz CT molecular complexity index is 143. The third kappa shape index (κ3) is 11.8. The smallest absolute Gasteiger partial charge is 0.0477 e. The van der Waals surface area contributed by atoms with Crippen molar-refractivity contribution in [3.63, 3.8) is 0 Å². The van der Waals surface area contributed by atoms with E-state index in [4.69, 9.17) is 4.74 Å². The molecule has 0 radical (unpaired) electrons. The summed E-state index contributed by atoms with van der Waals surface area (Å²) in [4.78, 5) is 0. The summed E-state index contributed by atoms with van der Waals surface area (Å²) >= 11 is 0. The monoisotopic (exact) mass is 216 g/mol. The number of nitrogens with one attached hydrogen (secondary N) is 2. The van der Waals surface area contributed by atoms with E-state index in [1.807, 2.05) is 6.92 Å². The average molecular weight is 216 g/mol. The Morgan fingerprint density at radius 2 is 1.93 bits per heavy atom. The van der Waals surface area contributed by atoms with Crippen LogP contribution in [-0.4, -0.2) is 37.9 Å². The SMILES string of the molecule is CCOCCCNC(C)CNC(C)(C)C. The third-order valence-corrected chi connectivity index (χ3v) is 2.10. The quantitative estimate of drug-likeness (QED) is 0.607. The molecule has 0 spiro atoms. The van der Waals surface area contributed by atoms with Crippen LogP contribution < -0.4 is 10.6 Å². The van der Waals surface area contributed by atoms with Crippen LogP contribution in [0.5, 0.6) is 0 Å². The molecule has 2 N–H and O–H groups in total. The number of hydrogen-bond donors (Lipinski definition) is 2. The van der Waals surface area contributed by atoms with Crippen molar-refractivity contribution in [2.45, 2.75) is 52.6 Å². The van der Waals surface area contributed by atoms with Crippen LogP contribution in [0.3, 0.4) is 0 Å². The van der Waals surface area contributed by atoms with Gasteiger partial charge in [-0.25, -0.2) is 0 Å². The molecule has 0 fully saturated rings. The highest BCUT2D eigenvalue weighted by atomic mass is 16.5. The van der Waals surface area contributed by atoms with Crippen LogP contribution >= 0.6 is 0 Å². The Labute approximate surface area is 95.0 Å². The first-order valence-corrected chi connectivity index (χ1v) is 6.02. The lowest BCUT2D eigenvalue weighted by Crippen LogP contribution is -2.44. The fourth-order valence-corrected chi connectivity index (χ4v) is 1.20. The van der Waals surface area contributed by atoms with Crippen LogP contribution in [0.15, 0.2) is 0 Å². The van der Waals surface area contributed by atoms with Crippen LogP contribution in [0, 0.1) is 0 Å². The van der Waals surface area contributed by atoms with Gasteiger partial charge in [-0.3, -0.25) is 0 Å². The fraction of sp³-hybridized carbons (Fsp3) is 1.00. The van der Waals surface area contributed by atoms with Gasteiger partial charge in [-0.05, 0) is 47.6 Å². The molecule has 0 aromatic rings. The van der Waals surface area contributed by atoms with Gasteiger partial charge < -0.3 is 15.4 Å². The van der Waals surface area contributed by atoms with Gasteiger partial charge in [0.05, 0.1) is 0 Å². The van der Waals surface area contributed by atoms with Crippen LogP contribution in [0.1, 0.15) is 41.0 Å². The molecular formula is C12H28N2O. The molecule has 1 atom stereocenters. The second-order valence-corrected chi connectivity index (χ2v) is 5.04. The molecule has 0 saturated carbocycles. The molecule has 0 bridgehead atoms. The predicted octanol–water partition coefficient (Wildman–Crippen LogP) is 1.78. The van der Waals surface area contributed by atoms with E-state index in [9.17, 15) is 0 Å². The lowest BCUT2D eigenvalue weighted by atomic mass is 10.1. The maximum absolute atomic E-state index is 5.27. The van der Waals surface area contributed by atoms with Gasteiger partial charge in [0.1, 0.15) is 0 Å². The summed E-state index contributed by atoms with van der Waals surface area (Å²) in [6.07, 6.45) is 1.09. The van der Waals surface area contributed by atoms with E-state index in [0.717, 1.165) is 32.7 Å². The first-order valence-electron chi connectivity index (χ1n) is 6.02. The Kier molecular flexibility index (Phi) is 8.02. The Morgan fingerprint density at radius 3 is 2.47 bits per heavy atom. The van der Waals surface area contributed by atoms with E-state index in [1.54, 1.807) is 0 Å². The first-order chi connectivity index (χ1) is 6.95. The second-order valence-electron chi connectivity index (χ2n) is 5.04. The Balaban J connectivity index is 3.30.